The van der Waals surface area contributed by atoms with Crippen LogP contribution in [0.2, 0.25) is 0 Å². The Morgan fingerprint density at radius 2 is 2.04 bits per heavy atom. The number of aliphatic hydroxyl groups excluding tert-OH is 1. The minimum Gasteiger partial charge on any atom is -0.393 e. The van der Waals surface area contributed by atoms with E-state index in [2.05, 4.69) is 20.3 Å². The second kappa shape index (κ2) is 6.42. The Labute approximate surface area is 142 Å². The molecule has 8 nitrogen and oxygen atoms in total. The van der Waals surface area contributed by atoms with Gasteiger partial charge >= 0.3 is 0 Å². The summed E-state index contributed by atoms with van der Waals surface area (Å²) >= 11 is 0. The molecule has 1 aliphatic heterocycles. The van der Waals surface area contributed by atoms with E-state index in [0.29, 0.717) is 22.5 Å². The van der Waals surface area contributed by atoms with E-state index in [1.807, 2.05) is 12.1 Å². The molecule has 1 aromatic carbocycles. The Kier molecular flexibility index (Phi) is 3.96. The van der Waals surface area contributed by atoms with Crippen LogP contribution < -0.4 is 5.32 Å². The number of nitrogens with one attached hydrogen (secondary N) is 1. The summed E-state index contributed by atoms with van der Waals surface area (Å²) in [5.41, 5.74) is 1.53. The van der Waals surface area contributed by atoms with Gasteiger partial charge in [0.05, 0.1) is 12.9 Å². The lowest BCUT2D eigenvalue weighted by molar-refractivity contribution is -0.00638. The van der Waals surface area contributed by atoms with Crippen molar-refractivity contribution in [3.63, 3.8) is 0 Å². The molecule has 2 N–H and O–H groups in total. The predicted octanol–water partition coefficient (Wildman–Crippen LogP) is 1.52. The monoisotopic (exact) mass is 337 g/mol. The number of hydrogen-bond donors (Lipinski definition) is 2. The topological polar surface area (TPSA) is 102 Å². The first kappa shape index (κ1) is 15.4. The third-order valence-electron chi connectivity index (χ3n) is 3.89. The lowest BCUT2D eigenvalue weighted by atomic mass is 10.2. The van der Waals surface area contributed by atoms with Crippen molar-refractivity contribution in [1.29, 1.82) is 0 Å². The fourth-order valence-corrected chi connectivity index (χ4v) is 2.65. The zero-order chi connectivity index (χ0) is 17.2. The molecule has 0 unspecified atom stereocenters. The average molecular weight is 337 g/mol. The summed E-state index contributed by atoms with van der Waals surface area (Å²) in [4.78, 5) is 25.0. The lowest BCUT2D eigenvalue weighted by Gasteiger charge is -2.14. The highest BCUT2D eigenvalue weighted by Crippen LogP contribution is 2.26. The molecule has 4 rings (SSSR count). The summed E-state index contributed by atoms with van der Waals surface area (Å²) in [6.45, 7) is -0.0903. The molecular weight excluding hydrogens is 322 g/mol. The molecule has 0 spiro atoms. The van der Waals surface area contributed by atoms with E-state index >= 15 is 0 Å². The van der Waals surface area contributed by atoms with Crippen molar-refractivity contribution in [3.05, 3.63) is 60.7 Å². The standard InChI is InChI=1S/C17H15N5O3/c23-8-12-6-7-13(25-12)22-10-20-14-15(18-9-19-16(14)22)21-17(24)11-4-2-1-3-5-11/h1-7,9-10,12-13,23H,8H2,(H,18,19,21,24)/t12-,13+/m0/s1. The fraction of sp³-hybridized carbons (Fsp3) is 0.176. The van der Waals surface area contributed by atoms with E-state index in [-0.39, 0.29) is 18.6 Å². The molecule has 25 heavy (non-hydrogen) atoms. The number of rotatable bonds is 4. The predicted molar refractivity (Wildman–Crippen MR) is 89.9 cm³/mol. The van der Waals surface area contributed by atoms with Crippen molar-refractivity contribution < 1.29 is 14.6 Å². The van der Waals surface area contributed by atoms with Gasteiger partial charge in [0.1, 0.15) is 12.4 Å². The van der Waals surface area contributed by atoms with E-state index < -0.39 is 6.23 Å². The second-order valence-electron chi connectivity index (χ2n) is 5.50. The van der Waals surface area contributed by atoms with Crippen molar-refractivity contribution in [2.45, 2.75) is 12.3 Å². The van der Waals surface area contributed by atoms with Crippen molar-refractivity contribution in [2.75, 3.05) is 11.9 Å². The Morgan fingerprint density at radius 3 is 2.80 bits per heavy atom. The van der Waals surface area contributed by atoms with Crippen LogP contribution in [0.25, 0.3) is 11.2 Å². The first-order valence-electron chi connectivity index (χ1n) is 7.75. The number of imidazole rings is 1. The molecule has 0 bridgehead atoms. The first-order valence-corrected chi connectivity index (χ1v) is 7.75. The number of benzene rings is 1. The largest absolute Gasteiger partial charge is 0.393 e. The Morgan fingerprint density at radius 1 is 1.20 bits per heavy atom. The van der Waals surface area contributed by atoms with Gasteiger partial charge in [-0.05, 0) is 18.2 Å². The number of aromatic nitrogens is 4. The van der Waals surface area contributed by atoms with Crippen molar-refractivity contribution >= 4 is 22.9 Å². The highest BCUT2D eigenvalue weighted by atomic mass is 16.5. The third kappa shape index (κ3) is 2.88. The molecule has 2 atom stereocenters. The van der Waals surface area contributed by atoms with Gasteiger partial charge in [0.15, 0.2) is 23.2 Å². The Balaban J connectivity index is 1.63. The number of aliphatic hydroxyl groups is 1. The summed E-state index contributed by atoms with van der Waals surface area (Å²) in [7, 11) is 0. The maximum absolute atomic E-state index is 12.3. The summed E-state index contributed by atoms with van der Waals surface area (Å²) < 4.78 is 7.39. The van der Waals surface area contributed by atoms with Gasteiger partial charge in [-0.15, -0.1) is 0 Å². The van der Waals surface area contributed by atoms with Gasteiger partial charge in [-0.1, -0.05) is 24.3 Å². The molecular formula is C17H15N5O3. The Bertz CT molecular complexity index is 938. The SMILES string of the molecule is O=C(Nc1ncnc2c1ncn2[C@H]1C=C[C@@H](CO)O1)c1ccccc1. The minimum atomic E-state index is -0.408. The molecule has 8 heteroatoms. The van der Waals surface area contributed by atoms with Crippen LogP contribution in [0.3, 0.4) is 0 Å². The summed E-state index contributed by atoms with van der Waals surface area (Å²) in [5, 5.41) is 11.9. The molecule has 0 fully saturated rings. The maximum Gasteiger partial charge on any atom is 0.256 e. The van der Waals surface area contributed by atoms with Crippen molar-refractivity contribution in [2.24, 2.45) is 0 Å². The van der Waals surface area contributed by atoms with Gasteiger partial charge in [-0.3, -0.25) is 9.36 Å². The molecule has 0 saturated heterocycles. The average Bonchev–Trinajstić information content (AvgIpc) is 3.29. The van der Waals surface area contributed by atoms with Crippen LogP contribution in [0.1, 0.15) is 16.6 Å². The van der Waals surface area contributed by atoms with E-state index in [9.17, 15) is 9.90 Å². The Hall–Kier alpha value is -3.10. The van der Waals surface area contributed by atoms with Crippen LogP contribution in [-0.4, -0.2) is 43.2 Å². The zero-order valence-corrected chi connectivity index (χ0v) is 13.1. The number of ether oxygens (including phenoxy) is 1. The minimum absolute atomic E-state index is 0.0903. The highest BCUT2D eigenvalue weighted by molar-refractivity contribution is 6.06. The van der Waals surface area contributed by atoms with Crippen LogP contribution in [0, 0.1) is 0 Å². The van der Waals surface area contributed by atoms with E-state index in [1.165, 1.54) is 6.33 Å². The smallest absolute Gasteiger partial charge is 0.256 e. The molecule has 3 aromatic rings. The summed E-state index contributed by atoms with van der Waals surface area (Å²) in [6, 6.07) is 8.87. The molecule has 0 radical (unpaired) electrons. The van der Waals surface area contributed by atoms with E-state index in [0.717, 1.165) is 0 Å². The van der Waals surface area contributed by atoms with Crippen molar-refractivity contribution in [1.82, 2.24) is 19.5 Å². The van der Waals surface area contributed by atoms with Crippen LogP contribution in [0.5, 0.6) is 0 Å². The number of carbonyl (C=O) groups excluding carboxylic acids is 1. The number of anilines is 1. The van der Waals surface area contributed by atoms with Crippen LogP contribution in [0.15, 0.2) is 55.1 Å². The third-order valence-corrected chi connectivity index (χ3v) is 3.89. The first-order chi connectivity index (χ1) is 12.3. The fourth-order valence-electron chi connectivity index (χ4n) is 2.65. The second-order valence-corrected chi connectivity index (χ2v) is 5.50. The molecule has 3 heterocycles. The van der Waals surface area contributed by atoms with Crippen LogP contribution >= 0.6 is 0 Å². The number of fused-ring (bicyclic) bond motifs is 1. The van der Waals surface area contributed by atoms with E-state index in [4.69, 9.17) is 4.74 Å². The number of carbonyl (C=O) groups is 1. The molecule has 1 amide bonds. The maximum atomic E-state index is 12.3. The molecule has 2 aromatic heterocycles. The van der Waals surface area contributed by atoms with Crippen LogP contribution in [-0.2, 0) is 4.74 Å². The molecule has 0 saturated carbocycles. The molecule has 1 aliphatic rings. The highest BCUT2D eigenvalue weighted by Gasteiger charge is 2.23. The van der Waals surface area contributed by atoms with E-state index in [1.54, 1.807) is 41.2 Å². The van der Waals surface area contributed by atoms with Gasteiger partial charge in [0.25, 0.3) is 5.91 Å². The molecule has 0 aliphatic carbocycles. The van der Waals surface area contributed by atoms with Crippen LogP contribution in [0.4, 0.5) is 5.82 Å². The summed E-state index contributed by atoms with van der Waals surface area (Å²) in [5.74, 6) is 0.0609. The van der Waals surface area contributed by atoms with Gasteiger partial charge in [0, 0.05) is 5.56 Å². The normalized spacial score (nSPS) is 19.4. The number of nitrogens with zero attached hydrogens (tertiary/aromatic N) is 4. The summed E-state index contributed by atoms with van der Waals surface area (Å²) in [6.07, 6.45) is 5.80. The van der Waals surface area contributed by atoms with Gasteiger partial charge in [0.2, 0.25) is 0 Å². The van der Waals surface area contributed by atoms with Gasteiger partial charge < -0.3 is 15.2 Å². The quantitative estimate of drug-likeness (QED) is 0.700. The van der Waals surface area contributed by atoms with Gasteiger partial charge in [-0.25, -0.2) is 15.0 Å². The zero-order valence-electron chi connectivity index (χ0n) is 13.1. The number of amides is 1. The van der Waals surface area contributed by atoms with Gasteiger partial charge in [-0.2, -0.15) is 0 Å². The molecule has 126 valence electrons. The number of hydrogen-bond acceptors (Lipinski definition) is 6. The van der Waals surface area contributed by atoms with Crippen molar-refractivity contribution in [3.8, 4) is 0 Å². The lowest BCUT2D eigenvalue weighted by Crippen LogP contribution is -2.15.